The number of aryl methyl sites for hydroxylation is 1. The predicted molar refractivity (Wildman–Crippen MR) is 76.0 cm³/mol. The molecule has 0 heterocycles. The Morgan fingerprint density at radius 1 is 1.26 bits per heavy atom. The topological polar surface area (TPSA) is 32.3 Å². The lowest BCUT2D eigenvalue weighted by molar-refractivity contribution is 0.191. The highest BCUT2D eigenvalue weighted by Gasteiger charge is 2.08. The van der Waals surface area contributed by atoms with Crippen LogP contribution in [0.3, 0.4) is 0 Å². The highest BCUT2D eigenvalue weighted by molar-refractivity contribution is 6.31. The Kier molecular flexibility index (Phi) is 4.40. The number of halogens is 2. The molecule has 0 saturated carbocycles. The van der Waals surface area contributed by atoms with E-state index < -0.39 is 6.10 Å². The van der Waals surface area contributed by atoms with Gasteiger partial charge >= 0.3 is 0 Å². The number of aliphatic hydroxyl groups excluding tert-OH is 1. The third kappa shape index (κ3) is 3.69. The number of rotatable bonds is 4. The van der Waals surface area contributed by atoms with Gasteiger partial charge in [0.05, 0.1) is 6.10 Å². The van der Waals surface area contributed by atoms with Crippen LogP contribution in [0.5, 0.6) is 0 Å². The zero-order valence-electron chi connectivity index (χ0n) is 10.5. The van der Waals surface area contributed by atoms with Gasteiger partial charge in [-0.05, 0) is 42.3 Å². The summed E-state index contributed by atoms with van der Waals surface area (Å²) in [5, 5.41) is 13.7. The third-order valence-electron chi connectivity index (χ3n) is 2.90. The van der Waals surface area contributed by atoms with Crippen LogP contribution in [-0.2, 0) is 0 Å². The summed E-state index contributed by atoms with van der Waals surface area (Å²) in [7, 11) is 0. The van der Waals surface area contributed by atoms with Crippen molar-refractivity contribution in [3.8, 4) is 0 Å². The monoisotopic (exact) mass is 279 g/mol. The van der Waals surface area contributed by atoms with Crippen molar-refractivity contribution in [1.82, 2.24) is 0 Å². The average Bonchev–Trinajstić information content (AvgIpc) is 2.40. The molecule has 0 bridgehead atoms. The summed E-state index contributed by atoms with van der Waals surface area (Å²) in [6.45, 7) is 2.22. The first-order valence-corrected chi connectivity index (χ1v) is 6.37. The molecule has 100 valence electrons. The normalized spacial score (nSPS) is 12.2. The highest BCUT2D eigenvalue weighted by Crippen LogP contribution is 2.21. The molecule has 19 heavy (non-hydrogen) atoms. The Labute approximate surface area is 116 Å². The molecule has 0 amide bonds. The fraction of sp³-hybridized carbons (Fsp3) is 0.200. The van der Waals surface area contributed by atoms with Gasteiger partial charge in [0.2, 0.25) is 0 Å². The quantitative estimate of drug-likeness (QED) is 0.889. The van der Waals surface area contributed by atoms with Crippen LogP contribution in [0.2, 0.25) is 5.02 Å². The highest BCUT2D eigenvalue weighted by atomic mass is 35.5. The van der Waals surface area contributed by atoms with E-state index in [1.54, 1.807) is 18.2 Å². The molecular formula is C15H15ClFNO. The van der Waals surface area contributed by atoms with E-state index >= 15 is 0 Å². The van der Waals surface area contributed by atoms with Crippen molar-refractivity contribution in [2.75, 3.05) is 11.9 Å². The molecule has 0 aromatic heterocycles. The second kappa shape index (κ2) is 6.04. The molecule has 0 aliphatic rings. The molecule has 2 nitrogen and oxygen atoms in total. The van der Waals surface area contributed by atoms with E-state index in [-0.39, 0.29) is 5.82 Å². The lowest BCUT2D eigenvalue weighted by atomic mass is 10.1. The van der Waals surface area contributed by atoms with Crippen LogP contribution in [0.4, 0.5) is 10.1 Å². The molecule has 2 rings (SSSR count). The summed E-state index contributed by atoms with van der Waals surface area (Å²) in [6, 6.07) is 11.5. The summed E-state index contributed by atoms with van der Waals surface area (Å²) in [4.78, 5) is 0. The Morgan fingerprint density at radius 2 is 2.05 bits per heavy atom. The van der Waals surface area contributed by atoms with Gasteiger partial charge in [0, 0.05) is 17.3 Å². The molecule has 2 aromatic carbocycles. The molecule has 0 radical (unpaired) electrons. The second-order valence-electron chi connectivity index (χ2n) is 4.42. The minimum absolute atomic E-state index is 0.294. The van der Waals surface area contributed by atoms with E-state index in [0.717, 1.165) is 11.3 Å². The van der Waals surface area contributed by atoms with E-state index in [4.69, 9.17) is 11.6 Å². The number of hydrogen-bond acceptors (Lipinski definition) is 2. The fourth-order valence-corrected chi connectivity index (χ4v) is 1.93. The molecule has 0 saturated heterocycles. The Balaban J connectivity index is 2.00. The van der Waals surface area contributed by atoms with Gasteiger partial charge in [0.15, 0.2) is 0 Å². The second-order valence-corrected chi connectivity index (χ2v) is 4.82. The zero-order chi connectivity index (χ0) is 13.8. The van der Waals surface area contributed by atoms with Crippen LogP contribution in [-0.4, -0.2) is 11.7 Å². The van der Waals surface area contributed by atoms with Crippen LogP contribution >= 0.6 is 11.6 Å². The fourth-order valence-electron chi connectivity index (χ4n) is 1.75. The van der Waals surface area contributed by atoms with Crippen molar-refractivity contribution in [2.24, 2.45) is 0 Å². The lowest BCUT2D eigenvalue weighted by Crippen LogP contribution is -2.12. The summed E-state index contributed by atoms with van der Waals surface area (Å²) in [5.41, 5.74) is 2.37. The lowest BCUT2D eigenvalue weighted by Gasteiger charge is -2.14. The van der Waals surface area contributed by atoms with E-state index in [1.807, 2.05) is 19.1 Å². The summed E-state index contributed by atoms with van der Waals surface area (Å²) < 4.78 is 13.0. The van der Waals surface area contributed by atoms with Crippen LogP contribution in [0.1, 0.15) is 17.2 Å². The van der Waals surface area contributed by atoms with E-state index in [1.165, 1.54) is 12.1 Å². The van der Waals surface area contributed by atoms with Gasteiger partial charge in [-0.25, -0.2) is 4.39 Å². The van der Waals surface area contributed by atoms with Crippen molar-refractivity contribution >= 4 is 17.3 Å². The van der Waals surface area contributed by atoms with Gasteiger partial charge in [-0.2, -0.15) is 0 Å². The summed E-state index contributed by atoms with van der Waals surface area (Å²) >= 11 is 6.01. The predicted octanol–water partition coefficient (Wildman–Crippen LogP) is 3.93. The summed E-state index contributed by atoms with van der Waals surface area (Å²) in [5.74, 6) is -0.352. The third-order valence-corrected chi connectivity index (χ3v) is 3.31. The number of nitrogens with one attached hydrogen (secondary N) is 1. The molecule has 0 spiro atoms. The molecule has 1 atom stereocenters. The van der Waals surface area contributed by atoms with Gasteiger partial charge < -0.3 is 10.4 Å². The minimum atomic E-state index is -0.768. The standard InChI is InChI=1S/C15H15ClFNO/c1-10-5-6-13(8-14(10)16)18-9-15(19)11-3-2-4-12(17)7-11/h2-8,15,18-19H,9H2,1H3. The number of aliphatic hydroxyl groups is 1. The number of hydrogen-bond donors (Lipinski definition) is 2. The van der Waals surface area contributed by atoms with Gasteiger partial charge in [-0.3, -0.25) is 0 Å². The van der Waals surface area contributed by atoms with E-state index in [0.29, 0.717) is 17.1 Å². The van der Waals surface area contributed by atoms with Crippen LogP contribution < -0.4 is 5.32 Å². The Morgan fingerprint density at radius 3 is 2.74 bits per heavy atom. The smallest absolute Gasteiger partial charge is 0.123 e. The first-order chi connectivity index (χ1) is 9.06. The van der Waals surface area contributed by atoms with Crippen LogP contribution in [0, 0.1) is 12.7 Å². The van der Waals surface area contributed by atoms with Gasteiger partial charge in [0.1, 0.15) is 5.82 Å². The molecule has 4 heteroatoms. The average molecular weight is 280 g/mol. The van der Waals surface area contributed by atoms with E-state index in [9.17, 15) is 9.50 Å². The number of benzene rings is 2. The van der Waals surface area contributed by atoms with Gasteiger partial charge in [0.25, 0.3) is 0 Å². The SMILES string of the molecule is Cc1ccc(NCC(O)c2cccc(F)c2)cc1Cl. The van der Waals surface area contributed by atoms with Crippen LogP contribution in [0.25, 0.3) is 0 Å². The van der Waals surface area contributed by atoms with Crippen molar-refractivity contribution in [2.45, 2.75) is 13.0 Å². The summed E-state index contributed by atoms with van der Waals surface area (Å²) in [6.07, 6.45) is -0.768. The maximum Gasteiger partial charge on any atom is 0.123 e. The maximum absolute atomic E-state index is 13.0. The maximum atomic E-state index is 13.0. The molecule has 0 fully saturated rings. The molecule has 2 aromatic rings. The van der Waals surface area contributed by atoms with E-state index in [2.05, 4.69) is 5.32 Å². The van der Waals surface area contributed by atoms with Crippen molar-refractivity contribution in [3.63, 3.8) is 0 Å². The van der Waals surface area contributed by atoms with Crippen molar-refractivity contribution in [1.29, 1.82) is 0 Å². The molecule has 1 unspecified atom stereocenters. The minimum Gasteiger partial charge on any atom is -0.387 e. The first-order valence-electron chi connectivity index (χ1n) is 6.00. The van der Waals surface area contributed by atoms with Crippen LogP contribution in [0.15, 0.2) is 42.5 Å². The van der Waals surface area contributed by atoms with Crippen molar-refractivity contribution < 1.29 is 9.50 Å². The number of anilines is 1. The van der Waals surface area contributed by atoms with Crippen molar-refractivity contribution in [3.05, 3.63) is 64.4 Å². The molecular weight excluding hydrogens is 265 g/mol. The molecule has 0 aliphatic carbocycles. The Bertz CT molecular complexity index is 574. The zero-order valence-corrected chi connectivity index (χ0v) is 11.3. The molecule has 0 aliphatic heterocycles. The van der Waals surface area contributed by atoms with Gasteiger partial charge in [-0.15, -0.1) is 0 Å². The van der Waals surface area contributed by atoms with Gasteiger partial charge in [-0.1, -0.05) is 29.8 Å². The first kappa shape index (κ1) is 13.8. The Hall–Kier alpha value is -1.58. The largest absolute Gasteiger partial charge is 0.387 e. The molecule has 2 N–H and O–H groups in total.